The van der Waals surface area contributed by atoms with E-state index in [0.717, 1.165) is 30.1 Å². The zero-order valence-electron chi connectivity index (χ0n) is 22.1. The molecule has 0 radical (unpaired) electrons. The van der Waals surface area contributed by atoms with Gasteiger partial charge >= 0.3 is 0 Å². The summed E-state index contributed by atoms with van der Waals surface area (Å²) in [5, 5.41) is 11.5. The van der Waals surface area contributed by atoms with Crippen molar-refractivity contribution in [3.8, 4) is 0 Å². The van der Waals surface area contributed by atoms with E-state index in [1.165, 1.54) is 57.8 Å². The first kappa shape index (κ1) is 22.7. The van der Waals surface area contributed by atoms with Gasteiger partial charge in [-0.1, -0.05) is 55.4 Å². The summed E-state index contributed by atoms with van der Waals surface area (Å²) in [6, 6.07) is 0. The van der Waals surface area contributed by atoms with E-state index in [2.05, 4.69) is 55.4 Å². The molecule has 5 aliphatic carbocycles. The van der Waals surface area contributed by atoms with Crippen LogP contribution in [0.5, 0.6) is 0 Å². The molecule has 5 saturated carbocycles. The Hall–Kier alpha value is -0.0400. The third-order valence-corrected chi connectivity index (χ3v) is 13.7. The molecule has 0 bridgehead atoms. The molecule has 10 atom stereocenters. The normalized spacial score (nSPS) is 58.3. The van der Waals surface area contributed by atoms with Gasteiger partial charge in [0, 0.05) is 5.41 Å². The average Bonchev–Trinajstić information content (AvgIpc) is 3.04. The molecule has 1 heteroatoms. The van der Waals surface area contributed by atoms with Crippen LogP contribution in [0.25, 0.3) is 0 Å². The Balaban J connectivity index is 1.56. The van der Waals surface area contributed by atoms with Crippen molar-refractivity contribution >= 4 is 0 Å². The fraction of sp³-hybridized carbons (Fsp3) is 1.00. The van der Waals surface area contributed by atoms with Gasteiger partial charge in [0.15, 0.2) is 0 Å². The third kappa shape index (κ3) is 2.71. The van der Waals surface area contributed by atoms with E-state index in [1.54, 1.807) is 0 Å². The molecule has 178 valence electrons. The summed E-state index contributed by atoms with van der Waals surface area (Å²) in [7, 11) is 0. The fourth-order valence-corrected chi connectivity index (χ4v) is 11.7. The van der Waals surface area contributed by atoms with Crippen molar-refractivity contribution in [3.05, 3.63) is 0 Å². The minimum absolute atomic E-state index is 0.0981. The quantitative estimate of drug-likeness (QED) is 0.447. The smallest absolute Gasteiger partial charge is 0.0599 e. The standard InChI is InChI=1S/C30H52O/c1-19(2)20-11-15-27(5)17-18-28(6)21(25(20)27)9-10-23-29(28,7)16-12-22-26(3,4)14-13-24(31)30(22,23)8/h19-25,31H,9-18H2,1-8H3/t20?,21?,22?,23?,24?,25?,27-,28-,29-,30+/m1/s1. The van der Waals surface area contributed by atoms with Gasteiger partial charge in [-0.3, -0.25) is 0 Å². The van der Waals surface area contributed by atoms with Crippen LogP contribution < -0.4 is 0 Å². The maximum atomic E-state index is 11.5. The molecular weight excluding hydrogens is 376 g/mol. The Kier molecular flexibility index (Phi) is 4.96. The van der Waals surface area contributed by atoms with Gasteiger partial charge in [-0.25, -0.2) is 0 Å². The lowest BCUT2D eigenvalue weighted by Crippen LogP contribution is -2.68. The number of hydrogen-bond acceptors (Lipinski definition) is 1. The summed E-state index contributed by atoms with van der Waals surface area (Å²) < 4.78 is 0. The third-order valence-electron chi connectivity index (χ3n) is 13.7. The van der Waals surface area contributed by atoms with E-state index < -0.39 is 0 Å². The van der Waals surface area contributed by atoms with Gasteiger partial charge in [0.2, 0.25) is 0 Å². The van der Waals surface area contributed by atoms with E-state index in [1.807, 2.05) is 0 Å². The maximum Gasteiger partial charge on any atom is 0.0599 e. The van der Waals surface area contributed by atoms with Gasteiger partial charge in [0.1, 0.15) is 0 Å². The highest BCUT2D eigenvalue weighted by Crippen LogP contribution is 2.77. The van der Waals surface area contributed by atoms with Crippen LogP contribution in [-0.2, 0) is 0 Å². The monoisotopic (exact) mass is 428 g/mol. The number of fused-ring (bicyclic) bond motifs is 7. The molecule has 1 N–H and O–H groups in total. The van der Waals surface area contributed by atoms with Crippen molar-refractivity contribution in [1.29, 1.82) is 0 Å². The Labute approximate surface area is 193 Å². The van der Waals surface area contributed by atoms with Crippen LogP contribution in [0.4, 0.5) is 0 Å². The molecule has 0 spiro atoms. The van der Waals surface area contributed by atoms with E-state index >= 15 is 0 Å². The first-order valence-electron chi connectivity index (χ1n) is 14.0. The van der Waals surface area contributed by atoms with Gasteiger partial charge in [0.25, 0.3) is 0 Å². The molecule has 31 heavy (non-hydrogen) atoms. The molecule has 5 fully saturated rings. The Morgan fingerprint density at radius 3 is 2.06 bits per heavy atom. The molecule has 0 aromatic heterocycles. The second kappa shape index (κ2) is 6.76. The van der Waals surface area contributed by atoms with Gasteiger partial charge in [-0.05, 0) is 121 Å². The molecule has 0 amide bonds. The molecule has 0 aliphatic heterocycles. The first-order valence-corrected chi connectivity index (χ1v) is 14.0. The summed E-state index contributed by atoms with van der Waals surface area (Å²) in [6.45, 7) is 20.7. The van der Waals surface area contributed by atoms with E-state index in [-0.39, 0.29) is 11.5 Å². The zero-order valence-corrected chi connectivity index (χ0v) is 22.1. The van der Waals surface area contributed by atoms with Crippen LogP contribution >= 0.6 is 0 Å². The van der Waals surface area contributed by atoms with E-state index in [9.17, 15) is 5.11 Å². The minimum Gasteiger partial charge on any atom is -0.393 e. The van der Waals surface area contributed by atoms with Crippen LogP contribution in [0, 0.1) is 62.6 Å². The summed E-state index contributed by atoms with van der Waals surface area (Å²) in [5.74, 6) is 4.97. The number of aliphatic hydroxyl groups excluding tert-OH is 1. The van der Waals surface area contributed by atoms with Crippen LogP contribution in [0.1, 0.15) is 120 Å². The minimum atomic E-state index is -0.0981. The zero-order chi connectivity index (χ0) is 22.6. The van der Waals surface area contributed by atoms with Gasteiger partial charge in [0.05, 0.1) is 6.10 Å². The van der Waals surface area contributed by atoms with Crippen LogP contribution in [0.3, 0.4) is 0 Å². The molecule has 0 saturated heterocycles. The average molecular weight is 429 g/mol. The molecule has 6 unspecified atom stereocenters. The Morgan fingerprint density at radius 1 is 0.677 bits per heavy atom. The maximum absolute atomic E-state index is 11.5. The van der Waals surface area contributed by atoms with Crippen molar-refractivity contribution in [2.24, 2.45) is 62.6 Å². The lowest BCUT2D eigenvalue weighted by Gasteiger charge is -2.73. The van der Waals surface area contributed by atoms with Gasteiger partial charge in [-0.2, -0.15) is 0 Å². The highest BCUT2D eigenvalue weighted by molar-refractivity contribution is 5.19. The Bertz CT molecular complexity index is 724. The second-order valence-electron chi connectivity index (χ2n) is 15.2. The van der Waals surface area contributed by atoms with Crippen molar-refractivity contribution in [1.82, 2.24) is 0 Å². The summed E-state index contributed by atoms with van der Waals surface area (Å²) in [5.41, 5.74) is 1.92. The second-order valence-corrected chi connectivity index (χ2v) is 15.2. The summed E-state index contributed by atoms with van der Waals surface area (Å²) in [4.78, 5) is 0. The fourth-order valence-electron chi connectivity index (χ4n) is 11.7. The molecule has 1 nitrogen and oxygen atoms in total. The van der Waals surface area contributed by atoms with Gasteiger partial charge < -0.3 is 5.11 Å². The van der Waals surface area contributed by atoms with Gasteiger partial charge in [-0.15, -0.1) is 0 Å². The molecule has 0 heterocycles. The van der Waals surface area contributed by atoms with Crippen LogP contribution in [0.2, 0.25) is 0 Å². The highest BCUT2D eigenvalue weighted by Gasteiger charge is 2.71. The van der Waals surface area contributed by atoms with Crippen LogP contribution in [0.15, 0.2) is 0 Å². The van der Waals surface area contributed by atoms with E-state index in [0.29, 0.717) is 33.5 Å². The molecule has 0 aromatic rings. The predicted octanol–water partition coefficient (Wildman–Crippen LogP) is 8.10. The van der Waals surface area contributed by atoms with Crippen molar-refractivity contribution < 1.29 is 5.11 Å². The lowest BCUT2D eigenvalue weighted by atomic mass is 9.32. The summed E-state index contributed by atoms with van der Waals surface area (Å²) >= 11 is 0. The first-order chi connectivity index (χ1) is 14.3. The van der Waals surface area contributed by atoms with Crippen molar-refractivity contribution in [2.45, 2.75) is 126 Å². The molecule has 5 rings (SSSR count). The number of aliphatic hydroxyl groups is 1. The predicted molar refractivity (Wildman–Crippen MR) is 131 cm³/mol. The SMILES string of the molecule is CC(C)C1CC[C@]2(C)CC[C@]3(C)C(CCC4[C@@]5(C)C(O)CCC(C)(C)C5CC[C@]43C)C12. The number of rotatable bonds is 1. The molecule has 0 aromatic carbocycles. The van der Waals surface area contributed by atoms with E-state index in [4.69, 9.17) is 0 Å². The Morgan fingerprint density at radius 2 is 1.39 bits per heavy atom. The van der Waals surface area contributed by atoms with Crippen molar-refractivity contribution in [2.75, 3.05) is 0 Å². The lowest BCUT2D eigenvalue weighted by molar-refractivity contribution is -0.260. The summed E-state index contributed by atoms with van der Waals surface area (Å²) in [6.07, 6.45) is 13.5. The highest BCUT2D eigenvalue weighted by atomic mass is 16.3. The number of hydrogen-bond donors (Lipinski definition) is 1. The van der Waals surface area contributed by atoms with Crippen molar-refractivity contribution in [3.63, 3.8) is 0 Å². The topological polar surface area (TPSA) is 20.2 Å². The molecular formula is C30H52O. The molecule has 5 aliphatic rings. The van der Waals surface area contributed by atoms with Crippen LogP contribution in [-0.4, -0.2) is 11.2 Å². The largest absolute Gasteiger partial charge is 0.393 e.